The average molecular weight is 735 g/mol. The zero-order chi connectivity index (χ0) is 41.1. The van der Waals surface area contributed by atoms with Gasteiger partial charge in [-0.1, -0.05) is 109 Å². The fourth-order valence-electron chi connectivity index (χ4n) is 4.15. The van der Waals surface area contributed by atoms with E-state index in [0.29, 0.717) is 50.4 Å². The Morgan fingerprint density at radius 1 is 1.11 bits per heavy atom. The van der Waals surface area contributed by atoms with Gasteiger partial charge in [-0.3, -0.25) is 4.99 Å². The Hall–Kier alpha value is -4.43. The number of nitrogens with zero attached hydrogens (tertiary/aromatic N) is 3. The van der Waals surface area contributed by atoms with Crippen molar-refractivity contribution in [1.82, 2.24) is 15.5 Å². The number of allylic oxidation sites excluding steroid dienone is 4. The zero-order valence-corrected chi connectivity index (χ0v) is 34.6. The SMILES string of the molecule is C#C.C=C/C(=C\C)c1nnc(CNCC(/C=C(/C)COC(C)(CC)C(=O)OCC)=C/CC)o1.CC.CC1=NC(N)C(C)C1.CCC=N.c1ccccc1. The summed E-state index contributed by atoms with van der Waals surface area (Å²) in [5.74, 6) is 1.22. The number of aromatic nitrogens is 2. The number of benzene rings is 1. The molecule has 0 radical (unpaired) electrons. The van der Waals surface area contributed by atoms with Gasteiger partial charge in [0, 0.05) is 17.8 Å². The molecule has 0 amide bonds. The number of nitrogens with one attached hydrogen (secondary N) is 2. The molecule has 1 aromatic carbocycles. The first-order valence-corrected chi connectivity index (χ1v) is 18.6. The Bertz CT molecular complexity index is 1350. The van der Waals surface area contributed by atoms with Crippen molar-refractivity contribution in [3.8, 4) is 12.8 Å². The van der Waals surface area contributed by atoms with E-state index in [2.05, 4.69) is 65.9 Å². The summed E-state index contributed by atoms with van der Waals surface area (Å²) in [6.45, 7) is 27.1. The van der Waals surface area contributed by atoms with Crippen LogP contribution >= 0.6 is 0 Å². The van der Waals surface area contributed by atoms with Crippen LogP contribution in [0, 0.1) is 24.2 Å². The van der Waals surface area contributed by atoms with Crippen LogP contribution < -0.4 is 11.1 Å². The fraction of sp³-hybridized carbons (Fsp3) is 0.512. The Labute approximate surface area is 322 Å². The maximum Gasteiger partial charge on any atom is 0.338 e. The van der Waals surface area contributed by atoms with Gasteiger partial charge in [-0.2, -0.15) is 0 Å². The van der Waals surface area contributed by atoms with Gasteiger partial charge in [-0.05, 0) is 83.6 Å². The Balaban J connectivity index is -0.000000907. The Morgan fingerprint density at radius 2 is 1.68 bits per heavy atom. The van der Waals surface area contributed by atoms with E-state index in [1.54, 1.807) is 19.9 Å². The second kappa shape index (κ2) is 34.6. The summed E-state index contributed by atoms with van der Waals surface area (Å²) in [4.78, 5) is 16.3. The van der Waals surface area contributed by atoms with E-state index in [4.69, 9.17) is 25.0 Å². The number of carbonyl (C=O) groups is 1. The van der Waals surface area contributed by atoms with Crippen molar-refractivity contribution in [1.29, 1.82) is 5.41 Å². The van der Waals surface area contributed by atoms with E-state index < -0.39 is 5.60 Å². The van der Waals surface area contributed by atoms with E-state index in [9.17, 15) is 4.79 Å². The fourth-order valence-corrected chi connectivity index (χ4v) is 4.15. The lowest BCUT2D eigenvalue weighted by atomic mass is 10.0. The van der Waals surface area contributed by atoms with Gasteiger partial charge in [-0.15, -0.1) is 23.0 Å². The van der Waals surface area contributed by atoms with Crippen LogP contribution in [0.15, 0.2) is 87.8 Å². The molecule has 10 nitrogen and oxygen atoms in total. The van der Waals surface area contributed by atoms with Gasteiger partial charge in [0.25, 0.3) is 0 Å². The minimum Gasteiger partial charge on any atom is -0.464 e. The standard InChI is InChI=1S/C24H37N3O4.C6H12N2.C6H6.C3H7N.C2H6.C2H2/c1-8-13-19(14-18(6)17-30-24(7,11-4)23(28)29-12-5)15-25-16-21-26-27-22(31-21)20(9-2)10-3;1-4-3-5(2)8-6(4)7;1-2-4-6-5-3-1;1-2-3-4;2*1-2/h9-10,13-14,25H,2,8,11-12,15-17H2,1,3-7H3;4,6H,3,7H2,1-2H3;1-6H;3-4H,2H2,1H3;1-2H3;1-2H/b18-14-,19-13+,20-10+;;;;;. The predicted molar refractivity (Wildman–Crippen MR) is 225 cm³/mol. The molecule has 1 aliphatic rings. The van der Waals surface area contributed by atoms with Crippen molar-refractivity contribution in [2.75, 3.05) is 19.8 Å². The number of nitrogens with two attached hydrogens (primary N) is 1. The van der Waals surface area contributed by atoms with E-state index in [1.165, 1.54) is 11.9 Å². The molecule has 0 bridgehead atoms. The molecule has 0 aliphatic carbocycles. The van der Waals surface area contributed by atoms with E-state index >= 15 is 0 Å². The number of ether oxygens (including phenoxy) is 2. The lowest BCUT2D eigenvalue weighted by Crippen LogP contribution is -2.39. The number of rotatable bonds is 15. The summed E-state index contributed by atoms with van der Waals surface area (Å²) >= 11 is 0. The summed E-state index contributed by atoms with van der Waals surface area (Å²) in [6.07, 6.45) is 20.6. The average Bonchev–Trinajstić information content (AvgIpc) is 3.77. The van der Waals surface area contributed by atoms with Crippen molar-refractivity contribution in [2.45, 2.75) is 120 Å². The third-order valence-corrected chi connectivity index (χ3v) is 7.19. The summed E-state index contributed by atoms with van der Waals surface area (Å²) in [5, 5.41) is 17.8. The van der Waals surface area contributed by atoms with Crippen molar-refractivity contribution in [3.05, 3.63) is 90.2 Å². The second-order valence-corrected chi connectivity index (χ2v) is 11.6. The van der Waals surface area contributed by atoms with Crippen LogP contribution in [0.25, 0.3) is 5.57 Å². The summed E-state index contributed by atoms with van der Waals surface area (Å²) < 4.78 is 16.7. The molecular weight excluding hydrogens is 665 g/mol. The lowest BCUT2D eigenvalue weighted by molar-refractivity contribution is -0.169. The molecule has 1 aromatic heterocycles. The quantitative estimate of drug-likeness (QED) is 0.0709. The molecule has 0 saturated heterocycles. The number of hydrogen-bond donors (Lipinski definition) is 3. The molecular formula is C43H70N6O4. The monoisotopic (exact) mass is 735 g/mol. The largest absolute Gasteiger partial charge is 0.464 e. The van der Waals surface area contributed by atoms with E-state index in [-0.39, 0.29) is 12.1 Å². The van der Waals surface area contributed by atoms with E-state index in [1.807, 2.05) is 90.9 Å². The molecule has 0 fully saturated rings. The molecule has 1 aliphatic heterocycles. The summed E-state index contributed by atoms with van der Waals surface area (Å²) in [7, 11) is 0. The van der Waals surface area contributed by atoms with Gasteiger partial charge in [0.15, 0.2) is 5.60 Å². The molecule has 3 unspecified atom stereocenters. The van der Waals surface area contributed by atoms with Gasteiger partial charge in [0.2, 0.25) is 11.8 Å². The highest BCUT2D eigenvalue weighted by Crippen LogP contribution is 2.19. The molecule has 2 heterocycles. The van der Waals surface area contributed by atoms with Crippen LogP contribution in [0.4, 0.5) is 0 Å². The lowest BCUT2D eigenvalue weighted by Gasteiger charge is -2.26. The van der Waals surface area contributed by atoms with Crippen molar-refractivity contribution >= 4 is 23.5 Å². The van der Waals surface area contributed by atoms with Crippen molar-refractivity contribution < 1.29 is 18.7 Å². The first-order valence-electron chi connectivity index (χ1n) is 18.6. The highest BCUT2D eigenvalue weighted by Gasteiger charge is 2.33. The van der Waals surface area contributed by atoms with E-state index in [0.717, 1.165) is 36.0 Å². The number of aliphatic imine (C=N–C) groups is 1. The molecule has 0 spiro atoms. The molecule has 4 N–H and O–H groups in total. The maximum atomic E-state index is 12.2. The van der Waals surface area contributed by atoms with Crippen molar-refractivity contribution in [2.24, 2.45) is 16.6 Å². The number of hydrogen-bond acceptors (Lipinski definition) is 10. The number of carbonyl (C=O) groups excluding carboxylic acids is 1. The van der Waals surface area contributed by atoms with Crippen molar-refractivity contribution in [3.63, 3.8) is 0 Å². The highest BCUT2D eigenvalue weighted by molar-refractivity contribution is 5.83. The molecule has 3 rings (SSSR count). The predicted octanol–water partition coefficient (Wildman–Crippen LogP) is 9.56. The third kappa shape index (κ3) is 25.2. The molecule has 3 atom stereocenters. The molecule has 10 heteroatoms. The van der Waals surface area contributed by atoms with Crippen LogP contribution in [0.1, 0.15) is 114 Å². The van der Waals surface area contributed by atoms with Crippen LogP contribution in [0.2, 0.25) is 0 Å². The first-order chi connectivity index (χ1) is 25.4. The van der Waals surface area contributed by atoms with Gasteiger partial charge >= 0.3 is 5.97 Å². The van der Waals surface area contributed by atoms with Crippen LogP contribution in [0.3, 0.4) is 0 Å². The highest BCUT2D eigenvalue weighted by atomic mass is 16.6. The third-order valence-electron chi connectivity index (χ3n) is 7.19. The minimum atomic E-state index is -0.940. The molecule has 296 valence electrons. The molecule has 0 saturated carbocycles. The smallest absolute Gasteiger partial charge is 0.338 e. The first kappa shape index (κ1) is 52.9. The normalized spacial score (nSPS) is 16.0. The maximum absolute atomic E-state index is 12.2. The van der Waals surface area contributed by atoms with Crippen LogP contribution in [-0.4, -0.2) is 59.6 Å². The van der Waals surface area contributed by atoms with Gasteiger partial charge in [-0.25, -0.2) is 4.79 Å². The Kier molecular flexibility index (Phi) is 34.6. The molecule has 2 aromatic rings. The summed E-state index contributed by atoms with van der Waals surface area (Å²) in [6, 6.07) is 12.0. The number of esters is 1. The number of terminal acetylenes is 1. The molecule has 53 heavy (non-hydrogen) atoms. The van der Waals surface area contributed by atoms with Gasteiger partial charge < -0.3 is 30.4 Å². The summed E-state index contributed by atoms with van der Waals surface area (Å²) in [5.41, 5.74) is 8.80. The minimum absolute atomic E-state index is 0.0787. The van der Waals surface area contributed by atoms with Crippen LogP contribution in [-0.2, 0) is 20.8 Å². The van der Waals surface area contributed by atoms with Gasteiger partial charge in [0.1, 0.15) is 0 Å². The van der Waals surface area contributed by atoms with Crippen LogP contribution in [0.5, 0.6) is 0 Å². The zero-order valence-electron chi connectivity index (χ0n) is 34.6. The Morgan fingerprint density at radius 3 is 2.06 bits per heavy atom. The van der Waals surface area contributed by atoms with Gasteiger partial charge in [0.05, 0.1) is 25.9 Å². The topological polar surface area (TPSA) is 149 Å². The second-order valence-electron chi connectivity index (χ2n) is 11.6.